The minimum absolute atomic E-state index is 0.110. The lowest BCUT2D eigenvalue weighted by Crippen LogP contribution is -2.28. The van der Waals surface area contributed by atoms with Crippen LogP contribution in [0.25, 0.3) is 0 Å². The summed E-state index contributed by atoms with van der Waals surface area (Å²) in [7, 11) is 1.58. The van der Waals surface area contributed by atoms with Crippen molar-refractivity contribution in [3.05, 3.63) is 0 Å². The Bertz CT molecular complexity index is 259. The Morgan fingerprint density at radius 1 is 1.60 bits per heavy atom. The Labute approximate surface area is 89.6 Å². The van der Waals surface area contributed by atoms with Crippen LogP contribution in [-0.2, 0) is 14.3 Å². The van der Waals surface area contributed by atoms with Crippen LogP contribution >= 0.6 is 0 Å². The van der Waals surface area contributed by atoms with Crippen LogP contribution in [0.5, 0.6) is 0 Å². The molecule has 4 heteroatoms. The Morgan fingerprint density at radius 2 is 2.27 bits per heavy atom. The summed E-state index contributed by atoms with van der Waals surface area (Å²) in [5, 5.41) is 9.08. The summed E-state index contributed by atoms with van der Waals surface area (Å²) in [6.07, 6.45) is 2.79. The van der Waals surface area contributed by atoms with Gasteiger partial charge in [0.15, 0.2) is 0 Å². The van der Waals surface area contributed by atoms with Gasteiger partial charge in [0, 0.05) is 7.11 Å². The van der Waals surface area contributed by atoms with Crippen LogP contribution in [0.1, 0.15) is 26.2 Å². The SMILES string of the molecule is COCC1OC(C2(C)CC2)CC1C(=O)O. The van der Waals surface area contributed by atoms with Crippen molar-refractivity contribution in [3.63, 3.8) is 0 Å². The fourth-order valence-electron chi connectivity index (χ4n) is 2.29. The molecule has 0 radical (unpaired) electrons. The number of aliphatic carboxylic acids is 1. The predicted molar refractivity (Wildman–Crippen MR) is 53.6 cm³/mol. The third-order valence-electron chi connectivity index (χ3n) is 3.72. The molecule has 0 amide bonds. The van der Waals surface area contributed by atoms with Crippen LogP contribution in [0, 0.1) is 11.3 Å². The van der Waals surface area contributed by atoms with E-state index in [0.717, 1.165) is 12.8 Å². The van der Waals surface area contributed by atoms with Crippen molar-refractivity contribution in [1.82, 2.24) is 0 Å². The first-order valence-corrected chi connectivity index (χ1v) is 5.44. The summed E-state index contributed by atoms with van der Waals surface area (Å²) < 4.78 is 10.8. The van der Waals surface area contributed by atoms with Crippen LogP contribution in [0.15, 0.2) is 0 Å². The van der Waals surface area contributed by atoms with Crippen LogP contribution in [-0.4, -0.2) is 37.0 Å². The van der Waals surface area contributed by atoms with E-state index < -0.39 is 11.9 Å². The summed E-state index contributed by atoms with van der Waals surface area (Å²) in [6.45, 7) is 2.55. The first kappa shape index (κ1) is 10.9. The molecule has 3 unspecified atom stereocenters. The molecule has 0 aromatic rings. The lowest BCUT2D eigenvalue weighted by molar-refractivity contribution is -0.144. The van der Waals surface area contributed by atoms with Gasteiger partial charge in [0.05, 0.1) is 24.7 Å². The number of methoxy groups -OCH3 is 1. The topological polar surface area (TPSA) is 55.8 Å². The van der Waals surface area contributed by atoms with E-state index in [2.05, 4.69) is 6.92 Å². The summed E-state index contributed by atoms with van der Waals surface area (Å²) in [6, 6.07) is 0. The Morgan fingerprint density at radius 3 is 2.73 bits per heavy atom. The van der Waals surface area contributed by atoms with E-state index in [1.165, 1.54) is 0 Å². The highest BCUT2D eigenvalue weighted by atomic mass is 16.5. The van der Waals surface area contributed by atoms with E-state index in [1.54, 1.807) is 7.11 Å². The van der Waals surface area contributed by atoms with Gasteiger partial charge in [-0.25, -0.2) is 0 Å². The maximum Gasteiger partial charge on any atom is 0.309 e. The molecule has 3 atom stereocenters. The molecule has 0 aromatic carbocycles. The summed E-state index contributed by atoms with van der Waals surface area (Å²) >= 11 is 0. The van der Waals surface area contributed by atoms with Crippen molar-refractivity contribution in [1.29, 1.82) is 0 Å². The highest BCUT2D eigenvalue weighted by Crippen LogP contribution is 2.53. The molecular weight excluding hydrogens is 196 g/mol. The molecule has 2 aliphatic rings. The molecule has 86 valence electrons. The van der Waals surface area contributed by atoms with E-state index >= 15 is 0 Å². The van der Waals surface area contributed by atoms with Crippen LogP contribution < -0.4 is 0 Å². The maximum absolute atomic E-state index is 11.0. The van der Waals surface area contributed by atoms with Gasteiger partial charge in [0.1, 0.15) is 0 Å². The maximum atomic E-state index is 11.0. The lowest BCUT2D eigenvalue weighted by Gasteiger charge is -2.18. The number of carbonyl (C=O) groups is 1. The highest BCUT2D eigenvalue weighted by Gasteiger charge is 2.52. The smallest absolute Gasteiger partial charge is 0.309 e. The quantitative estimate of drug-likeness (QED) is 0.766. The van der Waals surface area contributed by atoms with Gasteiger partial charge >= 0.3 is 5.97 Å². The average Bonchev–Trinajstić information content (AvgIpc) is 2.78. The van der Waals surface area contributed by atoms with Gasteiger partial charge in [-0.05, 0) is 24.7 Å². The number of hydrogen-bond donors (Lipinski definition) is 1. The third kappa shape index (κ3) is 2.01. The minimum atomic E-state index is -0.760. The molecule has 1 saturated heterocycles. The Balaban J connectivity index is 2.01. The van der Waals surface area contributed by atoms with Gasteiger partial charge in [-0.15, -0.1) is 0 Å². The van der Waals surface area contributed by atoms with E-state index in [9.17, 15) is 4.79 Å². The first-order valence-electron chi connectivity index (χ1n) is 5.44. The second-order valence-corrected chi connectivity index (χ2v) is 4.95. The van der Waals surface area contributed by atoms with E-state index in [1.807, 2.05) is 0 Å². The number of carboxylic acid groups (broad SMARTS) is 1. The zero-order chi connectivity index (χ0) is 11.1. The number of carboxylic acids is 1. The standard InChI is InChI=1S/C11H18O4/c1-11(3-4-11)9-5-7(10(12)13)8(15-9)6-14-2/h7-9H,3-6H2,1-2H3,(H,12,13). The van der Waals surface area contributed by atoms with E-state index in [4.69, 9.17) is 14.6 Å². The van der Waals surface area contributed by atoms with Crippen molar-refractivity contribution in [3.8, 4) is 0 Å². The molecule has 2 rings (SSSR count). The molecule has 1 aliphatic carbocycles. The molecule has 2 fully saturated rings. The second-order valence-electron chi connectivity index (χ2n) is 4.95. The average molecular weight is 214 g/mol. The van der Waals surface area contributed by atoms with E-state index in [0.29, 0.717) is 13.0 Å². The van der Waals surface area contributed by atoms with Gasteiger partial charge in [-0.2, -0.15) is 0 Å². The summed E-state index contributed by atoms with van der Waals surface area (Å²) in [5.74, 6) is -1.16. The van der Waals surface area contributed by atoms with Crippen molar-refractivity contribution >= 4 is 5.97 Å². The fourth-order valence-corrected chi connectivity index (χ4v) is 2.29. The second kappa shape index (κ2) is 3.76. The monoisotopic (exact) mass is 214 g/mol. The van der Waals surface area contributed by atoms with Crippen LogP contribution in [0.4, 0.5) is 0 Å². The van der Waals surface area contributed by atoms with Gasteiger partial charge in [-0.1, -0.05) is 6.92 Å². The third-order valence-corrected chi connectivity index (χ3v) is 3.72. The molecule has 0 spiro atoms. The molecule has 1 N–H and O–H groups in total. The van der Waals surface area contributed by atoms with Gasteiger partial charge < -0.3 is 14.6 Å². The first-order chi connectivity index (χ1) is 7.07. The molecule has 0 bridgehead atoms. The zero-order valence-corrected chi connectivity index (χ0v) is 9.23. The molecule has 1 heterocycles. The normalized spacial score (nSPS) is 37.9. The Kier molecular flexibility index (Phi) is 2.73. The molecular formula is C11H18O4. The lowest BCUT2D eigenvalue weighted by atomic mass is 9.93. The summed E-state index contributed by atoms with van der Waals surface area (Å²) in [5.41, 5.74) is 0.232. The molecule has 4 nitrogen and oxygen atoms in total. The number of rotatable bonds is 4. The van der Waals surface area contributed by atoms with Gasteiger partial charge in [-0.3, -0.25) is 4.79 Å². The van der Waals surface area contributed by atoms with E-state index in [-0.39, 0.29) is 17.6 Å². The fraction of sp³-hybridized carbons (Fsp3) is 0.909. The van der Waals surface area contributed by atoms with Crippen LogP contribution in [0.2, 0.25) is 0 Å². The number of ether oxygens (including phenoxy) is 2. The zero-order valence-electron chi connectivity index (χ0n) is 9.23. The van der Waals surface area contributed by atoms with Crippen molar-refractivity contribution < 1.29 is 19.4 Å². The van der Waals surface area contributed by atoms with Gasteiger partial charge in [0.25, 0.3) is 0 Å². The predicted octanol–water partition coefficient (Wildman–Crippen LogP) is 1.29. The van der Waals surface area contributed by atoms with Crippen molar-refractivity contribution in [2.75, 3.05) is 13.7 Å². The summed E-state index contributed by atoms with van der Waals surface area (Å²) in [4.78, 5) is 11.0. The highest BCUT2D eigenvalue weighted by molar-refractivity contribution is 5.71. The molecule has 1 aliphatic heterocycles. The number of hydrogen-bond acceptors (Lipinski definition) is 3. The molecule has 1 saturated carbocycles. The molecule has 15 heavy (non-hydrogen) atoms. The van der Waals surface area contributed by atoms with Gasteiger partial charge in [0.2, 0.25) is 0 Å². The molecule has 0 aromatic heterocycles. The van der Waals surface area contributed by atoms with Crippen molar-refractivity contribution in [2.24, 2.45) is 11.3 Å². The largest absolute Gasteiger partial charge is 0.481 e. The van der Waals surface area contributed by atoms with Crippen molar-refractivity contribution in [2.45, 2.75) is 38.4 Å². The Hall–Kier alpha value is -0.610. The van der Waals surface area contributed by atoms with Crippen LogP contribution in [0.3, 0.4) is 0 Å². The minimum Gasteiger partial charge on any atom is -0.481 e.